The molecule has 2 N–H and O–H groups in total. The van der Waals surface area contributed by atoms with E-state index in [1.54, 1.807) is 0 Å². The maximum absolute atomic E-state index is 3.74. The Kier molecular flexibility index (Phi) is 14.5. The first-order valence-electron chi connectivity index (χ1n) is 12.5. The molecule has 0 heterocycles. The van der Waals surface area contributed by atoms with E-state index in [4.69, 9.17) is 0 Å². The highest BCUT2D eigenvalue weighted by atomic mass is 33.1. The van der Waals surface area contributed by atoms with Gasteiger partial charge >= 0.3 is 0 Å². The minimum absolute atomic E-state index is 0.915. The molecule has 0 spiro atoms. The van der Waals surface area contributed by atoms with Crippen molar-refractivity contribution in [1.82, 2.24) is 10.6 Å². The predicted molar refractivity (Wildman–Crippen MR) is 131 cm³/mol. The summed E-state index contributed by atoms with van der Waals surface area (Å²) in [4.78, 5) is 0. The maximum Gasteiger partial charge on any atom is 0.0162 e. The summed E-state index contributed by atoms with van der Waals surface area (Å²) in [6.45, 7) is 9.61. The molecule has 4 heteroatoms. The lowest BCUT2D eigenvalue weighted by Crippen LogP contribution is -2.30. The summed E-state index contributed by atoms with van der Waals surface area (Å²) in [6, 6.07) is 0. The lowest BCUT2D eigenvalue weighted by molar-refractivity contribution is 0.236. The van der Waals surface area contributed by atoms with E-state index < -0.39 is 0 Å². The van der Waals surface area contributed by atoms with Crippen LogP contribution in [-0.2, 0) is 0 Å². The predicted octanol–water partition coefficient (Wildman–Crippen LogP) is 6.76. The Morgan fingerprint density at radius 3 is 1.39 bits per heavy atom. The first kappa shape index (κ1) is 24.9. The van der Waals surface area contributed by atoms with Gasteiger partial charge in [0.25, 0.3) is 0 Å². The molecule has 2 nitrogen and oxygen atoms in total. The molecule has 0 saturated heterocycles. The summed E-state index contributed by atoms with van der Waals surface area (Å²) in [5.74, 6) is 6.31. The van der Waals surface area contributed by atoms with Gasteiger partial charge in [-0.1, -0.05) is 112 Å². The summed E-state index contributed by atoms with van der Waals surface area (Å²) in [7, 11) is 4.11. The summed E-state index contributed by atoms with van der Waals surface area (Å²) < 4.78 is 0. The summed E-state index contributed by atoms with van der Waals surface area (Å²) in [5.41, 5.74) is 0. The third-order valence-electron chi connectivity index (χ3n) is 7.30. The van der Waals surface area contributed by atoms with Gasteiger partial charge in [0.2, 0.25) is 0 Å². The molecule has 2 aliphatic carbocycles. The summed E-state index contributed by atoms with van der Waals surface area (Å²) in [5, 5.41) is 7.49. The molecule has 0 aromatic heterocycles. The van der Waals surface area contributed by atoms with Gasteiger partial charge in [-0.25, -0.2) is 0 Å². The largest absolute Gasteiger partial charge is 0.316 e. The fourth-order valence-electron chi connectivity index (χ4n) is 5.42. The van der Waals surface area contributed by atoms with Crippen LogP contribution < -0.4 is 10.6 Å². The second kappa shape index (κ2) is 16.3. The molecule has 28 heavy (non-hydrogen) atoms. The van der Waals surface area contributed by atoms with E-state index in [1.807, 2.05) is 0 Å². The molecule has 2 aliphatic rings. The van der Waals surface area contributed by atoms with Crippen LogP contribution in [0, 0.1) is 23.7 Å². The summed E-state index contributed by atoms with van der Waals surface area (Å²) >= 11 is 0. The molecule has 0 aromatic carbocycles. The third-order valence-corrected chi connectivity index (χ3v) is 9.71. The van der Waals surface area contributed by atoms with Gasteiger partial charge in [-0.3, -0.25) is 0 Å². The zero-order valence-electron chi connectivity index (χ0n) is 18.9. The van der Waals surface area contributed by atoms with Crippen molar-refractivity contribution in [2.45, 2.75) is 90.9 Å². The van der Waals surface area contributed by atoms with Crippen LogP contribution in [0.2, 0.25) is 0 Å². The minimum atomic E-state index is 0.915. The molecular weight excluding hydrogens is 380 g/mol. The Morgan fingerprint density at radius 2 is 1.04 bits per heavy atom. The van der Waals surface area contributed by atoms with Crippen molar-refractivity contribution in [3.05, 3.63) is 0 Å². The first-order valence-corrected chi connectivity index (χ1v) is 15.0. The number of hydrogen-bond acceptors (Lipinski definition) is 4. The van der Waals surface area contributed by atoms with Crippen LogP contribution in [0.3, 0.4) is 0 Å². The Balaban J connectivity index is 1.39. The Bertz CT molecular complexity index is 321. The van der Waals surface area contributed by atoms with E-state index >= 15 is 0 Å². The lowest BCUT2D eigenvalue weighted by atomic mass is 9.79. The van der Waals surface area contributed by atoms with Crippen molar-refractivity contribution in [3.8, 4) is 0 Å². The van der Waals surface area contributed by atoms with Gasteiger partial charge in [-0.2, -0.15) is 0 Å². The number of hydrogen-bond donors (Lipinski definition) is 2. The molecule has 2 atom stereocenters. The Hall–Kier alpha value is 0.620. The molecule has 0 amide bonds. The molecule has 2 saturated carbocycles. The summed E-state index contributed by atoms with van der Waals surface area (Å²) in [6.07, 6.45) is 17.5. The molecule has 0 bridgehead atoms. The van der Waals surface area contributed by atoms with E-state index in [0.717, 1.165) is 23.7 Å². The van der Waals surface area contributed by atoms with Crippen molar-refractivity contribution in [2.24, 2.45) is 23.7 Å². The van der Waals surface area contributed by atoms with Gasteiger partial charge < -0.3 is 10.6 Å². The fraction of sp³-hybridized carbons (Fsp3) is 1.00. The van der Waals surface area contributed by atoms with Gasteiger partial charge in [0.05, 0.1) is 0 Å². The Labute approximate surface area is 184 Å². The van der Waals surface area contributed by atoms with Crippen LogP contribution in [-0.4, -0.2) is 37.7 Å². The van der Waals surface area contributed by atoms with Crippen LogP contribution in [0.15, 0.2) is 0 Å². The van der Waals surface area contributed by atoms with E-state index in [-0.39, 0.29) is 0 Å². The van der Waals surface area contributed by atoms with Crippen molar-refractivity contribution < 1.29 is 0 Å². The van der Waals surface area contributed by atoms with Crippen LogP contribution in [0.1, 0.15) is 90.9 Å². The first-order chi connectivity index (χ1) is 13.8. The zero-order chi connectivity index (χ0) is 19.9. The third kappa shape index (κ3) is 10.1. The maximum atomic E-state index is 3.74. The lowest BCUT2D eigenvalue weighted by Gasteiger charge is -2.30. The fourth-order valence-corrected chi connectivity index (χ4v) is 7.32. The minimum Gasteiger partial charge on any atom is -0.316 e. The van der Waals surface area contributed by atoms with Crippen molar-refractivity contribution in [1.29, 1.82) is 0 Å². The average molecular weight is 429 g/mol. The zero-order valence-corrected chi connectivity index (χ0v) is 20.5. The van der Waals surface area contributed by atoms with Crippen LogP contribution in [0.25, 0.3) is 0 Å². The molecule has 2 unspecified atom stereocenters. The van der Waals surface area contributed by atoms with Crippen molar-refractivity contribution in [3.63, 3.8) is 0 Å². The molecule has 2 fully saturated rings. The highest BCUT2D eigenvalue weighted by Crippen LogP contribution is 2.32. The van der Waals surface area contributed by atoms with Crippen LogP contribution in [0.5, 0.6) is 0 Å². The number of rotatable bonds is 15. The van der Waals surface area contributed by atoms with Gasteiger partial charge in [0, 0.05) is 24.6 Å². The molecule has 0 radical (unpaired) electrons. The van der Waals surface area contributed by atoms with Crippen LogP contribution >= 0.6 is 21.6 Å². The second-order valence-electron chi connectivity index (χ2n) is 9.19. The molecule has 166 valence electrons. The van der Waals surface area contributed by atoms with Gasteiger partial charge in [-0.15, -0.1) is 0 Å². The van der Waals surface area contributed by atoms with E-state index in [9.17, 15) is 0 Å². The van der Waals surface area contributed by atoms with Gasteiger partial charge in [0.1, 0.15) is 0 Å². The second-order valence-corrected chi connectivity index (χ2v) is 11.9. The normalized spacial score (nSPS) is 21.6. The number of nitrogens with one attached hydrogen (secondary N) is 2. The standard InChI is InChI=1S/C24H48N2S2/c1-3-21(23-11-7-5-8-12-23)19-25-15-17-27-28-18-16-26-20-22(4-2)24-13-9-6-10-14-24/h21-26H,3-20H2,1-2H3. The molecule has 0 aliphatic heterocycles. The SMILES string of the molecule is CCC(CNCCSSCCNCC(CC)C1CCCCC1)C1CCCCC1. The molecule has 0 aromatic rings. The average Bonchev–Trinajstić information content (AvgIpc) is 2.76. The topological polar surface area (TPSA) is 24.1 Å². The van der Waals surface area contributed by atoms with E-state index in [1.165, 1.54) is 115 Å². The van der Waals surface area contributed by atoms with Gasteiger partial charge in [-0.05, 0) is 36.8 Å². The van der Waals surface area contributed by atoms with Gasteiger partial charge in [0.15, 0.2) is 0 Å². The van der Waals surface area contributed by atoms with E-state index in [0.29, 0.717) is 0 Å². The highest BCUT2D eigenvalue weighted by Gasteiger charge is 2.22. The monoisotopic (exact) mass is 428 g/mol. The quantitative estimate of drug-likeness (QED) is 0.222. The van der Waals surface area contributed by atoms with Crippen molar-refractivity contribution in [2.75, 3.05) is 37.7 Å². The van der Waals surface area contributed by atoms with Crippen molar-refractivity contribution >= 4 is 21.6 Å². The highest BCUT2D eigenvalue weighted by molar-refractivity contribution is 8.76. The Morgan fingerprint density at radius 1 is 0.643 bits per heavy atom. The van der Waals surface area contributed by atoms with Crippen LogP contribution in [0.4, 0.5) is 0 Å². The molecular formula is C24H48N2S2. The smallest absolute Gasteiger partial charge is 0.0162 e. The molecule has 2 rings (SSSR count). The van der Waals surface area contributed by atoms with E-state index in [2.05, 4.69) is 46.1 Å².